The number of carbonyl (C=O) groups excluding carboxylic acids is 2. The summed E-state index contributed by atoms with van der Waals surface area (Å²) in [6.45, 7) is 4.27. The van der Waals surface area contributed by atoms with Crippen LogP contribution in [0.4, 0.5) is 0 Å². The van der Waals surface area contributed by atoms with Gasteiger partial charge in [0, 0.05) is 33.9 Å². The molecule has 1 heterocycles. The number of Topliss-reactive ketones (excluding diaryl/α,β-unsaturated/α-hetero) is 2. The quantitative estimate of drug-likeness (QED) is 0.543. The maximum atomic E-state index is 12.2. The fourth-order valence-corrected chi connectivity index (χ4v) is 3.02. The molecule has 0 aliphatic heterocycles. The first-order chi connectivity index (χ1) is 11.0. The van der Waals surface area contributed by atoms with Crippen LogP contribution >= 0.6 is 0 Å². The molecule has 0 spiro atoms. The largest absolute Gasteiger partial charge is 0.341 e. The Morgan fingerprint density at radius 3 is 2.35 bits per heavy atom. The molecule has 0 fully saturated rings. The number of aryl methyl sites for hydroxylation is 1. The average Bonchev–Trinajstić information content (AvgIpc) is 2.86. The Morgan fingerprint density at radius 2 is 1.74 bits per heavy atom. The van der Waals surface area contributed by atoms with Gasteiger partial charge < -0.3 is 4.57 Å². The van der Waals surface area contributed by atoms with Crippen LogP contribution in [0.3, 0.4) is 0 Å². The van der Waals surface area contributed by atoms with Crippen molar-refractivity contribution in [3.05, 3.63) is 47.5 Å². The minimum atomic E-state index is -0.173. The fourth-order valence-electron chi connectivity index (χ4n) is 3.02. The summed E-state index contributed by atoms with van der Waals surface area (Å²) >= 11 is 0. The van der Waals surface area contributed by atoms with Crippen molar-refractivity contribution in [1.82, 2.24) is 4.57 Å². The summed E-state index contributed by atoms with van der Waals surface area (Å²) in [7, 11) is 0. The second-order valence-corrected chi connectivity index (χ2v) is 5.62. The van der Waals surface area contributed by atoms with Gasteiger partial charge in [-0.3, -0.25) is 9.59 Å². The maximum absolute atomic E-state index is 12.2. The molecular formula is C19H16N2O2. The van der Waals surface area contributed by atoms with Gasteiger partial charge in [0.2, 0.25) is 0 Å². The Hall–Kier alpha value is -2.93. The van der Waals surface area contributed by atoms with Gasteiger partial charge in [-0.1, -0.05) is 0 Å². The third-order valence-corrected chi connectivity index (χ3v) is 4.04. The van der Waals surface area contributed by atoms with E-state index < -0.39 is 0 Å². The number of fused-ring (bicyclic) bond motifs is 3. The predicted molar refractivity (Wildman–Crippen MR) is 89.5 cm³/mol. The molecule has 0 atom stereocenters. The molecule has 0 bridgehead atoms. The number of nitrogens with zero attached hydrogens (tertiary/aromatic N) is 2. The number of carbonyl (C=O) groups is 2. The zero-order valence-electron chi connectivity index (χ0n) is 13.1. The molecule has 0 saturated heterocycles. The molecule has 1 aromatic heterocycles. The highest BCUT2D eigenvalue weighted by Crippen LogP contribution is 2.30. The van der Waals surface area contributed by atoms with Crippen LogP contribution in [-0.4, -0.2) is 16.1 Å². The lowest BCUT2D eigenvalue weighted by Crippen LogP contribution is -2.04. The molecule has 0 unspecified atom stereocenters. The van der Waals surface area contributed by atoms with Crippen molar-refractivity contribution in [3.8, 4) is 6.07 Å². The Bertz CT molecular complexity index is 990. The van der Waals surface area contributed by atoms with Gasteiger partial charge in [-0.15, -0.1) is 0 Å². The molecule has 4 nitrogen and oxygen atoms in total. The molecule has 0 radical (unpaired) electrons. The zero-order valence-corrected chi connectivity index (χ0v) is 13.1. The Morgan fingerprint density at radius 1 is 1.09 bits per heavy atom. The van der Waals surface area contributed by atoms with Crippen LogP contribution in [0.15, 0.2) is 36.4 Å². The van der Waals surface area contributed by atoms with E-state index in [-0.39, 0.29) is 18.0 Å². The van der Waals surface area contributed by atoms with Crippen molar-refractivity contribution < 1.29 is 9.59 Å². The number of benzene rings is 2. The second-order valence-electron chi connectivity index (χ2n) is 5.62. The number of hydrogen-bond donors (Lipinski definition) is 0. The van der Waals surface area contributed by atoms with Gasteiger partial charge in [-0.05, 0) is 50.2 Å². The summed E-state index contributed by atoms with van der Waals surface area (Å²) in [5.41, 5.74) is 3.19. The van der Waals surface area contributed by atoms with Gasteiger partial charge >= 0.3 is 0 Å². The highest BCUT2D eigenvalue weighted by atomic mass is 16.1. The molecule has 3 aromatic rings. The van der Waals surface area contributed by atoms with Crippen molar-refractivity contribution in [2.75, 3.05) is 0 Å². The minimum absolute atomic E-state index is 0.0820. The van der Waals surface area contributed by atoms with Crippen LogP contribution in [-0.2, 0) is 11.3 Å². The van der Waals surface area contributed by atoms with Crippen molar-refractivity contribution in [2.24, 2.45) is 0 Å². The summed E-state index contributed by atoms with van der Waals surface area (Å²) < 4.78 is 2.16. The standard InChI is InChI=1S/C19H16N2O2/c1-3-21-17-6-4-13(11-20)9-15(17)16-10-14(5-7-18(16)21)19(23)8-12(2)22/h4-7,9-10H,3,8H2,1-2H3. The number of nitriles is 1. The molecule has 0 aliphatic carbocycles. The highest BCUT2D eigenvalue weighted by molar-refractivity contribution is 6.13. The van der Waals surface area contributed by atoms with Crippen molar-refractivity contribution in [1.29, 1.82) is 5.26 Å². The summed E-state index contributed by atoms with van der Waals surface area (Å²) in [4.78, 5) is 23.3. The normalized spacial score (nSPS) is 10.8. The molecule has 3 rings (SSSR count). The molecule has 114 valence electrons. The minimum Gasteiger partial charge on any atom is -0.341 e. The number of rotatable bonds is 4. The third kappa shape index (κ3) is 2.51. The third-order valence-electron chi connectivity index (χ3n) is 4.04. The Balaban J connectivity index is 2.28. The van der Waals surface area contributed by atoms with Crippen LogP contribution in [0, 0.1) is 11.3 Å². The van der Waals surface area contributed by atoms with E-state index in [1.54, 1.807) is 12.1 Å². The number of hydrogen-bond acceptors (Lipinski definition) is 3. The van der Waals surface area contributed by atoms with E-state index in [1.165, 1.54) is 6.92 Å². The van der Waals surface area contributed by atoms with Crippen LogP contribution in [0.5, 0.6) is 0 Å². The molecule has 2 aromatic carbocycles. The zero-order chi connectivity index (χ0) is 16.6. The summed E-state index contributed by atoms with van der Waals surface area (Å²) in [5, 5.41) is 11.0. The molecule has 23 heavy (non-hydrogen) atoms. The lowest BCUT2D eigenvalue weighted by Gasteiger charge is -2.03. The molecule has 4 heteroatoms. The monoisotopic (exact) mass is 304 g/mol. The summed E-state index contributed by atoms with van der Waals surface area (Å²) in [6, 6.07) is 13.3. The maximum Gasteiger partial charge on any atom is 0.170 e. The van der Waals surface area contributed by atoms with Gasteiger partial charge in [0.15, 0.2) is 5.78 Å². The van der Waals surface area contributed by atoms with E-state index in [2.05, 4.69) is 17.6 Å². The van der Waals surface area contributed by atoms with Gasteiger partial charge in [-0.2, -0.15) is 5.26 Å². The van der Waals surface area contributed by atoms with Crippen molar-refractivity contribution in [2.45, 2.75) is 26.8 Å². The van der Waals surface area contributed by atoms with Gasteiger partial charge in [0.1, 0.15) is 5.78 Å². The van der Waals surface area contributed by atoms with Crippen LogP contribution < -0.4 is 0 Å². The first kappa shape index (κ1) is 15.0. The fraction of sp³-hybridized carbons (Fsp3) is 0.211. The Labute approximate surface area is 133 Å². The van der Waals surface area contributed by atoms with E-state index in [4.69, 9.17) is 5.26 Å². The first-order valence-electron chi connectivity index (χ1n) is 7.54. The van der Waals surface area contributed by atoms with Gasteiger partial charge in [0.05, 0.1) is 18.1 Å². The lowest BCUT2D eigenvalue weighted by atomic mass is 10.0. The number of aromatic nitrogens is 1. The van der Waals surface area contributed by atoms with Crippen molar-refractivity contribution >= 4 is 33.4 Å². The van der Waals surface area contributed by atoms with Crippen LogP contribution in [0.25, 0.3) is 21.8 Å². The SMILES string of the molecule is CCn1c2ccc(C#N)cc2c2cc(C(=O)CC(C)=O)ccc21. The van der Waals surface area contributed by atoms with Crippen LogP contribution in [0.2, 0.25) is 0 Å². The van der Waals surface area contributed by atoms with Gasteiger partial charge in [0.25, 0.3) is 0 Å². The number of ketones is 2. The van der Waals surface area contributed by atoms with E-state index in [0.717, 1.165) is 28.4 Å². The molecular weight excluding hydrogens is 288 g/mol. The van der Waals surface area contributed by atoms with E-state index in [0.29, 0.717) is 11.1 Å². The van der Waals surface area contributed by atoms with Crippen molar-refractivity contribution in [3.63, 3.8) is 0 Å². The smallest absolute Gasteiger partial charge is 0.170 e. The van der Waals surface area contributed by atoms with Gasteiger partial charge in [-0.25, -0.2) is 0 Å². The Kier molecular flexibility index (Phi) is 3.71. The molecule has 0 aliphatic rings. The first-order valence-corrected chi connectivity index (χ1v) is 7.54. The van der Waals surface area contributed by atoms with E-state index in [1.807, 2.05) is 24.3 Å². The molecule has 0 amide bonds. The van der Waals surface area contributed by atoms with E-state index >= 15 is 0 Å². The topological polar surface area (TPSA) is 62.9 Å². The average molecular weight is 304 g/mol. The lowest BCUT2D eigenvalue weighted by molar-refractivity contribution is -0.116. The molecule has 0 saturated carbocycles. The predicted octanol–water partition coefficient (Wildman–Crippen LogP) is 3.85. The summed E-state index contributed by atoms with van der Waals surface area (Å²) in [6.07, 6.45) is -0.0820. The molecule has 0 N–H and O–H groups in total. The van der Waals surface area contributed by atoms with E-state index in [9.17, 15) is 9.59 Å². The van der Waals surface area contributed by atoms with Crippen LogP contribution in [0.1, 0.15) is 36.2 Å². The highest BCUT2D eigenvalue weighted by Gasteiger charge is 2.14. The summed E-state index contributed by atoms with van der Waals surface area (Å²) in [5.74, 6) is -0.314. The second kappa shape index (κ2) is 5.69.